The van der Waals surface area contributed by atoms with Crippen LogP contribution >= 0.6 is 11.3 Å². The summed E-state index contributed by atoms with van der Waals surface area (Å²) in [6.07, 6.45) is 3.57. The molecule has 1 heterocycles. The molecule has 2 heteroatoms. The van der Waals surface area contributed by atoms with Crippen molar-refractivity contribution in [3.63, 3.8) is 0 Å². The van der Waals surface area contributed by atoms with Crippen molar-refractivity contribution < 1.29 is 4.74 Å². The van der Waals surface area contributed by atoms with Gasteiger partial charge in [0.25, 0.3) is 0 Å². The summed E-state index contributed by atoms with van der Waals surface area (Å²) in [4.78, 5) is 1.13. The van der Waals surface area contributed by atoms with Crippen LogP contribution in [0.25, 0.3) is 5.76 Å². The van der Waals surface area contributed by atoms with Gasteiger partial charge in [0, 0.05) is 0 Å². The summed E-state index contributed by atoms with van der Waals surface area (Å²) < 4.78 is 5.14. The predicted molar refractivity (Wildman–Crippen MR) is 49.5 cm³/mol. The lowest BCUT2D eigenvalue weighted by Gasteiger charge is -2.00. The zero-order valence-corrected chi connectivity index (χ0v) is 7.23. The fourth-order valence-electron chi connectivity index (χ4n) is 0.777. The Morgan fingerprint density at radius 2 is 2.55 bits per heavy atom. The van der Waals surface area contributed by atoms with Gasteiger partial charge < -0.3 is 4.74 Å². The topological polar surface area (TPSA) is 9.23 Å². The largest absolute Gasteiger partial charge is 0.495 e. The Labute approximate surface area is 70.6 Å². The molecule has 0 fully saturated rings. The first-order chi connectivity index (χ1) is 5.38. The third-order valence-electron chi connectivity index (χ3n) is 1.25. The first kappa shape index (κ1) is 8.08. The number of methoxy groups -OCH3 is 1. The Bertz CT molecular complexity index is 247. The molecule has 58 valence electrons. The summed E-state index contributed by atoms with van der Waals surface area (Å²) in [6.45, 7) is 3.61. The maximum Gasteiger partial charge on any atom is 0.136 e. The number of allylic oxidation sites excluding steroid dienone is 2. The molecule has 0 unspecified atom stereocenters. The highest BCUT2D eigenvalue weighted by Crippen LogP contribution is 2.20. The molecular formula is C9H10OS. The summed E-state index contributed by atoms with van der Waals surface area (Å²) in [6, 6.07) is 4.01. The molecule has 0 saturated heterocycles. The molecule has 0 amide bonds. The molecule has 0 radical (unpaired) electrons. The van der Waals surface area contributed by atoms with E-state index in [4.69, 9.17) is 4.74 Å². The van der Waals surface area contributed by atoms with E-state index in [9.17, 15) is 0 Å². The van der Waals surface area contributed by atoms with Crippen LogP contribution in [0.5, 0.6) is 0 Å². The third-order valence-corrected chi connectivity index (χ3v) is 2.14. The molecule has 0 atom stereocenters. The van der Waals surface area contributed by atoms with Gasteiger partial charge in [0.05, 0.1) is 12.0 Å². The van der Waals surface area contributed by atoms with Crippen LogP contribution in [0.15, 0.2) is 36.2 Å². The van der Waals surface area contributed by atoms with Gasteiger partial charge in [-0.3, -0.25) is 0 Å². The summed E-state index contributed by atoms with van der Waals surface area (Å²) >= 11 is 1.65. The quantitative estimate of drug-likeness (QED) is 0.495. The van der Waals surface area contributed by atoms with E-state index in [0.29, 0.717) is 0 Å². The highest BCUT2D eigenvalue weighted by Gasteiger charge is 1.98. The van der Waals surface area contributed by atoms with E-state index in [-0.39, 0.29) is 0 Å². The minimum absolute atomic E-state index is 0.870. The Balaban J connectivity index is 2.88. The van der Waals surface area contributed by atoms with Gasteiger partial charge in [-0.15, -0.1) is 11.3 Å². The van der Waals surface area contributed by atoms with E-state index in [1.807, 2.05) is 23.6 Å². The van der Waals surface area contributed by atoms with Crippen LogP contribution in [-0.4, -0.2) is 7.11 Å². The minimum atomic E-state index is 0.870. The Morgan fingerprint density at radius 1 is 1.73 bits per heavy atom. The zero-order chi connectivity index (χ0) is 8.10. The van der Waals surface area contributed by atoms with Crippen molar-refractivity contribution in [3.8, 4) is 0 Å². The van der Waals surface area contributed by atoms with Gasteiger partial charge in [0.2, 0.25) is 0 Å². The molecule has 0 spiro atoms. The van der Waals surface area contributed by atoms with Crippen LogP contribution in [0.1, 0.15) is 4.88 Å². The maximum absolute atomic E-state index is 5.14. The molecule has 0 saturated carbocycles. The summed E-state index contributed by atoms with van der Waals surface area (Å²) in [5.74, 6) is 0.870. The molecule has 0 aliphatic carbocycles. The highest BCUT2D eigenvalue weighted by atomic mass is 32.1. The molecule has 0 aliphatic rings. The molecule has 1 aromatic heterocycles. The zero-order valence-electron chi connectivity index (χ0n) is 6.41. The van der Waals surface area contributed by atoms with Gasteiger partial charge in [-0.2, -0.15) is 0 Å². The third kappa shape index (κ3) is 1.95. The highest BCUT2D eigenvalue weighted by molar-refractivity contribution is 7.11. The normalized spacial score (nSPS) is 11.2. The van der Waals surface area contributed by atoms with Crippen LogP contribution in [-0.2, 0) is 4.74 Å². The minimum Gasteiger partial charge on any atom is -0.495 e. The van der Waals surface area contributed by atoms with Crippen molar-refractivity contribution in [2.45, 2.75) is 0 Å². The summed E-state index contributed by atoms with van der Waals surface area (Å²) in [5, 5.41) is 2.02. The molecule has 1 aromatic rings. The lowest BCUT2D eigenvalue weighted by molar-refractivity contribution is 0.371. The fourth-order valence-corrected chi connectivity index (χ4v) is 1.50. The molecule has 0 aromatic carbocycles. The second kappa shape index (κ2) is 3.98. The van der Waals surface area contributed by atoms with Crippen molar-refractivity contribution in [1.82, 2.24) is 0 Å². The lowest BCUT2D eigenvalue weighted by Crippen LogP contribution is -1.80. The van der Waals surface area contributed by atoms with Gasteiger partial charge in [-0.05, 0) is 17.5 Å². The van der Waals surface area contributed by atoms with E-state index < -0.39 is 0 Å². The molecule has 0 bridgehead atoms. The van der Waals surface area contributed by atoms with Crippen molar-refractivity contribution in [1.29, 1.82) is 0 Å². The van der Waals surface area contributed by atoms with Crippen molar-refractivity contribution in [2.24, 2.45) is 0 Å². The molecule has 0 aliphatic heterocycles. The van der Waals surface area contributed by atoms with Gasteiger partial charge in [0.1, 0.15) is 5.76 Å². The van der Waals surface area contributed by atoms with Crippen LogP contribution in [0.4, 0.5) is 0 Å². The number of hydrogen-bond acceptors (Lipinski definition) is 2. The Hall–Kier alpha value is -1.02. The molecule has 0 N–H and O–H groups in total. The van der Waals surface area contributed by atoms with Gasteiger partial charge in [-0.25, -0.2) is 0 Å². The lowest BCUT2D eigenvalue weighted by atomic mass is 10.3. The number of thiophene rings is 1. The smallest absolute Gasteiger partial charge is 0.136 e. The van der Waals surface area contributed by atoms with Gasteiger partial charge in [-0.1, -0.05) is 18.7 Å². The SMILES string of the molecule is C=C/C=C(\OC)c1cccs1. The second-order valence-corrected chi connectivity index (χ2v) is 2.90. The molecular weight excluding hydrogens is 156 g/mol. The van der Waals surface area contributed by atoms with Crippen LogP contribution in [0.3, 0.4) is 0 Å². The number of hydrogen-bond donors (Lipinski definition) is 0. The van der Waals surface area contributed by atoms with E-state index in [0.717, 1.165) is 10.6 Å². The van der Waals surface area contributed by atoms with Gasteiger partial charge in [0.15, 0.2) is 0 Å². The Kier molecular flexibility index (Phi) is 2.93. The van der Waals surface area contributed by atoms with Crippen molar-refractivity contribution in [2.75, 3.05) is 7.11 Å². The predicted octanol–water partition coefficient (Wildman–Crippen LogP) is 2.92. The molecule has 1 nitrogen and oxygen atoms in total. The second-order valence-electron chi connectivity index (χ2n) is 1.95. The van der Waals surface area contributed by atoms with Crippen LogP contribution < -0.4 is 0 Å². The van der Waals surface area contributed by atoms with Crippen LogP contribution in [0, 0.1) is 0 Å². The van der Waals surface area contributed by atoms with Gasteiger partial charge >= 0.3 is 0 Å². The van der Waals surface area contributed by atoms with Crippen molar-refractivity contribution in [3.05, 3.63) is 41.1 Å². The van der Waals surface area contributed by atoms with Crippen LogP contribution in [0.2, 0.25) is 0 Å². The number of rotatable bonds is 3. The fraction of sp³-hybridized carbons (Fsp3) is 0.111. The van der Waals surface area contributed by atoms with Crippen molar-refractivity contribution >= 4 is 17.1 Å². The average molecular weight is 166 g/mol. The number of ether oxygens (including phenoxy) is 1. The van der Waals surface area contributed by atoms with E-state index in [1.165, 1.54) is 0 Å². The average Bonchev–Trinajstić information content (AvgIpc) is 2.52. The first-order valence-electron chi connectivity index (χ1n) is 3.29. The summed E-state index contributed by atoms with van der Waals surface area (Å²) in [5.41, 5.74) is 0. The first-order valence-corrected chi connectivity index (χ1v) is 4.17. The Morgan fingerprint density at radius 3 is 3.00 bits per heavy atom. The molecule has 1 rings (SSSR count). The summed E-state index contributed by atoms with van der Waals surface area (Å²) in [7, 11) is 1.66. The molecule has 11 heavy (non-hydrogen) atoms. The van der Waals surface area contributed by atoms with E-state index in [2.05, 4.69) is 6.58 Å². The maximum atomic E-state index is 5.14. The van der Waals surface area contributed by atoms with E-state index in [1.54, 1.807) is 24.5 Å². The monoisotopic (exact) mass is 166 g/mol. The van der Waals surface area contributed by atoms with E-state index >= 15 is 0 Å². The standard InChI is InChI=1S/C9H10OS/c1-3-5-8(10-2)9-6-4-7-11-9/h3-7H,1H2,2H3/b8-5-.